The molecule has 0 fully saturated rings. The number of aliphatic hydroxyl groups excluding tert-OH is 1. The summed E-state index contributed by atoms with van der Waals surface area (Å²) in [7, 11) is 0. The smallest absolute Gasteiger partial charge is 0.377 e. The monoisotopic (exact) mass is 183 g/mol. The molecule has 0 aromatic rings. The van der Waals surface area contributed by atoms with Crippen molar-refractivity contribution in [3.8, 4) is 0 Å². The molecule has 0 radical (unpaired) electrons. The van der Waals surface area contributed by atoms with Crippen molar-refractivity contribution < 1.29 is 23.8 Å². The molecular formula is C6H11F2NO3. The largest absolute Gasteiger partial charge is 0.477 e. The number of hydrogen-bond acceptors (Lipinski definition) is 3. The molecule has 6 heteroatoms. The van der Waals surface area contributed by atoms with E-state index in [9.17, 15) is 13.6 Å². The first-order chi connectivity index (χ1) is 5.34. The molecule has 4 nitrogen and oxygen atoms in total. The molecule has 0 heterocycles. The maximum atomic E-state index is 12.4. The molecule has 0 aliphatic heterocycles. The normalized spacial score (nSPS) is 17.1. The first kappa shape index (κ1) is 11.2. The average molecular weight is 183 g/mol. The Labute approximate surface area is 68.0 Å². The van der Waals surface area contributed by atoms with Crippen molar-refractivity contribution in [2.75, 3.05) is 0 Å². The van der Waals surface area contributed by atoms with E-state index in [1.807, 2.05) is 0 Å². The molecule has 0 saturated carbocycles. The van der Waals surface area contributed by atoms with Crippen LogP contribution in [0.4, 0.5) is 8.78 Å². The van der Waals surface area contributed by atoms with Gasteiger partial charge in [0.05, 0.1) is 0 Å². The molecule has 0 rings (SSSR count). The van der Waals surface area contributed by atoms with Crippen LogP contribution in [0.2, 0.25) is 0 Å². The van der Waals surface area contributed by atoms with Gasteiger partial charge in [-0.2, -0.15) is 8.78 Å². The Morgan fingerprint density at radius 1 is 1.67 bits per heavy atom. The fraction of sp³-hybridized carbons (Fsp3) is 0.833. The predicted molar refractivity (Wildman–Crippen MR) is 36.9 cm³/mol. The van der Waals surface area contributed by atoms with Crippen molar-refractivity contribution in [3.63, 3.8) is 0 Å². The van der Waals surface area contributed by atoms with Gasteiger partial charge in [-0.15, -0.1) is 0 Å². The molecule has 0 amide bonds. The van der Waals surface area contributed by atoms with Gasteiger partial charge in [0, 0.05) is 6.04 Å². The topological polar surface area (TPSA) is 83.5 Å². The van der Waals surface area contributed by atoms with E-state index in [1.54, 1.807) is 0 Å². The van der Waals surface area contributed by atoms with E-state index < -0.39 is 24.0 Å². The molecule has 0 saturated heterocycles. The van der Waals surface area contributed by atoms with Crippen molar-refractivity contribution in [1.82, 2.24) is 0 Å². The standard InChI is InChI=1S/C6H11F2NO3/c1-2-3(9)4(10)6(7,8)5(11)12/h3-4,10H,2,9H2,1H3,(H,11,12). The third-order valence-corrected chi connectivity index (χ3v) is 1.53. The minimum Gasteiger partial charge on any atom is -0.477 e. The van der Waals surface area contributed by atoms with Crippen LogP contribution >= 0.6 is 0 Å². The third-order valence-electron chi connectivity index (χ3n) is 1.53. The van der Waals surface area contributed by atoms with Gasteiger partial charge in [0.25, 0.3) is 0 Å². The van der Waals surface area contributed by atoms with E-state index in [2.05, 4.69) is 0 Å². The van der Waals surface area contributed by atoms with Gasteiger partial charge in [-0.05, 0) is 6.42 Å². The molecule has 2 atom stereocenters. The molecule has 72 valence electrons. The molecule has 0 aliphatic rings. The Hall–Kier alpha value is -0.750. The minimum atomic E-state index is -4.17. The van der Waals surface area contributed by atoms with Gasteiger partial charge < -0.3 is 15.9 Å². The van der Waals surface area contributed by atoms with Crippen LogP contribution in [0.5, 0.6) is 0 Å². The summed E-state index contributed by atoms with van der Waals surface area (Å²) in [5.74, 6) is -6.53. The summed E-state index contributed by atoms with van der Waals surface area (Å²) in [6.45, 7) is 1.48. The zero-order valence-corrected chi connectivity index (χ0v) is 6.50. The molecule has 4 N–H and O–H groups in total. The van der Waals surface area contributed by atoms with Gasteiger partial charge in [-0.25, -0.2) is 4.79 Å². The Bertz CT molecular complexity index is 174. The van der Waals surface area contributed by atoms with E-state index in [1.165, 1.54) is 6.92 Å². The lowest BCUT2D eigenvalue weighted by Crippen LogP contribution is -2.51. The number of hydrogen-bond donors (Lipinski definition) is 3. The highest BCUT2D eigenvalue weighted by atomic mass is 19.3. The Kier molecular flexibility index (Phi) is 3.54. The Morgan fingerprint density at radius 3 is 2.33 bits per heavy atom. The fourth-order valence-electron chi connectivity index (χ4n) is 0.619. The molecule has 0 aromatic heterocycles. The summed E-state index contributed by atoms with van der Waals surface area (Å²) in [4.78, 5) is 9.92. The molecule has 0 aromatic carbocycles. The lowest BCUT2D eigenvalue weighted by atomic mass is 10.0. The van der Waals surface area contributed by atoms with Gasteiger partial charge in [-0.1, -0.05) is 6.92 Å². The maximum Gasteiger partial charge on any atom is 0.377 e. The zero-order chi connectivity index (χ0) is 9.94. The quantitative estimate of drug-likeness (QED) is 0.563. The predicted octanol–water partition coefficient (Wildman–Crippen LogP) is -0.195. The van der Waals surface area contributed by atoms with E-state index in [0.717, 1.165) is 0 Å². The van der Waals surface area contributed by atoms with Gasteiger partial charge in [0.15, 0.2) is 0 Å². The molecule has 0 aliphatic carbocycles. The second-order valence-corrected chi connectivity index (χ2v) is 2.45. The highest BCUT2D eigenvalue weighted by Crippen LogP contribution is 2.21. The van der Waals surface area contributed by atoms with Crippen molar-refractivity contribution in [3.05, 3.63) is 0 Å². The summed E-state index contributed by atoms with van der Waals surface area (Å²) in [5, 5.41) is 16.8. The Morgan fingerprint density at radius 2 is 2.08 bits per heavy atom. The Balaban J connectivity index is 4.44. The minimum absolute atomic E-state index is 0.0873. The number of carboxylic acid groups (broad SMARTS) is 1. The lowest BCUT2D eigenvalue weighted by Gasteiger charge is -2.22. The molecule has 2 unspecified atom stereocenters. The SMILES string of the molecule is CCC(N)C(O)C(F)(F)C(=O)O. The van der Waals surface area contributed by atoms with E-state index in [4.69, 9.17) is 15.9 Å². The molecule has 0 spiro atoms. The van der Waals surface area contributed by atoms with Crippen LogP contribution in [-0.2, 0) is 4.79 Å². The van der Waals surface area contributed by atoms with Crippen LogP contribution in [0.25, 0.3) is 0 Å². The number of alkyl halides is 2. The fourth-order valence-corrected chi connectivity index (χ4v) is 0.619. The molecule has 0 bridgehead atoms. The average Bonchev–Trinajstić information content (AvgIpc) is 2.01. The second kappa shape index (κ2) is 3.77. The first-order valence-corrected chi connectivity index (χ1v) is 3.38. The number of halogens is 2. The summed E-state index contributed by atoms with van der Waals surface area (Å²) in [6.07, 6.45) is -2.25. The van der Waals surface area contributed by atoms with Gasteiger partial charge in [0.1, 0.15) is 6.10 Å². The van der Waals surface area contributed by atoms with Gasteiger partial charge in [0.2, 0.25) is 0 Å². The highest BCUT2D eigenvalue weighted by molar-refractivity contribution is 5.76. The molecular weight excluding hydrogens is 172 g/mol. The number of aliphatic hydroxyl groups is 1. The lowest BCUT2D eigenvalue weighted by molar-refractivity contribution is -0.184. The van der Waals surface area contributed by atoms with Crippen LogP contribution in [0.3, 0.4) is 0 Å². The van der Waals surface area contributed by atoms with Crippen molar-refractivity contribution in [2.24, 2.45) is 5.73 Å². The zero-order valence-electron chi connectivity index (χ0n) is 6.50. The van der Waals surface area contributed by atoms with Crippen LogP contribution in [0.1, 0.15) is 13.3 Å². The van der Waals surface area contributed by atoms with Crippen LogP contribution in [0.15, 0.2) is 0 Å². The summed E-state index contributed by atoms with van der Waals surface area (Å²) >= 11 is 0. The maximum absolute atomic E-state index is 12.4. The first-order valence-electron chi connectivity index (χ1n) is 3.38. The van der Waals surface area contributed by atoms with Crippen LogP contribution < -0.4 is 5.73 Å². The van der Waals surface area contributed by atoms with E-state index in [0.29, 0.717) is 0 Å². The van der Waals surface area contributed by atoms with Gasteiger partial charge >= 0.3 is 11.9 Å². The number of carboxylic acids is 1. The second-order valence-electron chi connectivity index (χ2n) is 2.45. The van der Waals surface area contributed by atoms with Crippen molar-refractivity contribution >= 4 is 5.97 Å². The van der Waals surface area contributed by atoms with Crippen molar-refractivity contribution in [2.45, 2.75) is 31.4 Å². The summed E-state index contributed by atoms with van der Waals surface area (Å²) in [5.41, 5.74) is 5.05. The number of carbonyl (C=O) groups is 1. The number of rotatable bonds is 4. The van der Waals surface area contributed by atoms with Crippen molar-refractivity contribution in [1.29, 1.82) is 0 Å². The van der Waals surface area contributed by atoms with E-state index >= 15 is 0 Å². The summed E-state index contributed by atoms with van der Waals surface area (Å²) in [6, 6.07) is -1.23. The summed E-state index contributed by atoms with van der Waals surface area (Å²) < 4.78 is 24.9. The van der Waals surface area contributed by atoms with Gasteiger partial charge in [-0.3, -0.25) is 0 Å². The number of nitrogens with two attached hydrogens (primary N) is 1. The van der Waals surface area contributed by atoms with E-state index in [-0.39, 0.29) is 6.42 Å². The number of aliphatic carboxylic acids is 1. The van der Waals surface area contributed by atoms with Crippen LogP contribution in [0, 0.1) is 0 Å². The highest BCUT2D eigenvalue weighted by Gasteiger charge is 2.49. The molecule has 12 heavy (non-hydrogen) atoms. The third kappa shape index (κ3) is 2.12. The van der Waals surface area contributed by atoms with Crippen LogP contribution in [-0.4, -0.2) is 34.3 Å².